The number of alkyl halides is 6. The number of carboxylic acid groups (broad SMARTS) is 2. The molecule has 0 bridgehead atoms. The summed E-state index contributed by atoms with van der Waals surface area (Å²) in [7, 11) is 5.43. The van der Waals surface area contributed by atoms with Crippen molar-refractivity contribution < 1.29 is 55.7 Å². The molecule has 2 fully saturated rings. The number of carbonyl (C=O) groups is 3. The summed E-state index contributed by atoms with van der Waals surface area (Å²) in [6.07, 6.45) is -4.72. The van der Waals surface area contributed by atoms with Gasteiger partial charge in [0.2, 0.25) is 11.9 Å². The van der Waals surface area contributed by atoms with Crippen LogP contribution < -0.4 is 9.64 Å². The quantitative estimate of drug-likeness (QED) is 0.469. The predicted molar refractivity (Wildman–Crippen MR) is 144 cm³/mol. The average Bonchev–Trinajstić information content (AvgIpc) is 3.23. The lowest BCUT2D eigenvalue weighted by atomic mass is 9.74. The molecule has 2 aliphatic heterocycles. The van der Waals surface area contributed by atoms with Gasteiger partial charge in [-0.25, -0.2) is 19.6 Å². The van der Waals surface area contributed by atoms with Crippen molar-refractivity contribution >= 4 is 23.8 Å². The van der Waals surface area contributed by atoms with Gasteiger partial charge in [0.15, 0.2) is 0 Å². The first kappa shape index (κ1) is 36.0. The van der Waals surface area contributed by atoms with Crippen LogP contribution in [0, 0.1) is 11.3 Å². The molecule has 0 spiro atoms. The number of hydrogen-bond acceptors (Lipinski definition) is 8. The molecule has 44 heavy (non-hydrogen) atoms. The summed E-state index contributed by atoms with van der Waals surface area (Å²) in [6.45, 7) is 4.29. The number of aliphatic carboxylic acids is 2. The molecule has 1 aromatic carbocycles. The van der Waals surface area contributed by atoms with Crippen molar-refractivity contribution in [3.63, 3.8) is 0 Å². The molecule has 4 rings (SSSR count). The molecular formula is C27H33F6N5O6. The Labute approximate surface area is 249 Å². The van der Waals surface area contributed by atoms with Gasteiger partial charge in [-0.3, -0.25) is 9.69 Å². The summed E-state index contributed by atoms with van der Waals surface area (Å²) in [5.74, 6) is -3.44. The highest BCUT2D eigenvalue weighted by atomic mass is 19.4. The molecule has 0 unspecified atom stereocenters. The Hall–Kier alpha value is -4.15. The van der Waals surface area contributed by atoms with Crippen LogP contribution in [-0.2, 0) is 20.9 Å². The van der Waals surface area contributed by atoms with Gasteiger partial charge in [0, 0.05) is 58.6 Å². The van der Waals surface area contributed by atoms with Crippen molar-refractivity contribution in [1.29, 1.82) is 0 Å². The number of carbonyl (C=O) groups excluding carboxylic acids is 1. The predicted octanol–water partition coefficient (Wildman–Crippen LogP) is 3.56. The minimum absolute atomic E-state index is 0.234. The van der Waals surface area contributed by atoms with Crippen LogP contribution in [0.5, 0.6) is 5.75 Å². The van der Waals surface area contributed by atoms with Crippen LogP contribution in [0.2, 0.25) is 0 Å². The maximum absolute atomic E-state index is 13.4. The Morgan fingerprint density at radius 3 is 1.95 bits per heavy atom. The second kappa shape index (κ2) is 15.0. The van der Waals surface area contributed by atoms with Gasteiger partial charge in [-0.2, -0.15) is 26.3 Å². The largest absolute Gasteiger partial charge is 0.497 e. The Bertz CT molecular complexity index is 1220. The number of amides is 1. The third kappa shape index (κ3) is 9.96. The van der Waals surface area contributed by atoms with Crippen LogP contribution in [0.4, 0.5) is 32.3 Å². The van der Waals surface area contributed by atoms with Gasteiger partial charge in [-0.05, 0) is 43.1 Å². The van der Waals surface area contributed by atoms with Gasteiger partial charge in [0.05, 0.1) is 12.5 Å². The normalized spacial score (nSPS) is 20.1. The van der Waals surface area contributed by atoms with Crippen LogP contribution in [0.15, 0.2) is 42.7 Å². The molecule has 2 atom stereocenters. The minimum atomic E-state index is -5.08. The molecular weight excluding hydrogens is 604 g/mol. The Kier molecular flexibility index (Phi) is 12.3. The van der Waals surface area contributed by atoms with Gasteiger partial charge in [-0.15, -0.1) is 0 Å². The number of carboxylic acids is 2. The van der Waals surface area contributed by atoms with Gasteiger partial charge in [-0.1, -0.05) is 12.1 Å². The highest BCUT2D eigenvalue weighted by molar-refractivity contribution is 5.84. The van der Waals surface area contributed by atoms with E-state index in [9.17, 15) is 31.1 Å². The number of likely N-dealkylation sites (tertiary alicyclic amines) is 1. The number of benzene rings is 1. The molecule has 11 nitrogen and oxygen atoms in total. The highest BCUT2D eigenvalue weighted by Gasteiger charge is 2.54. The fraction of sp³-hybridized carbons (Fsp3) is 0.519. The standard InChI is InChI=1S/C23H31N5O2.2C2HF3O2/c1-26(2)21(29)23-10-4-13-27(14-18-6-8-20(30-3)9-7-18)15-19(23)16-28(17-23)22-24-11-5-12-25-22;2*3-2(4,5)1(6)7/h5-9,11-12,19H,4,10,13-17H2,1-3H3;2*(H,6,7)/t19-,23-;;/m0../s1. The molecule has 3 heterocycles. The van der Waals surface area contributed by atoms with Crippen molar-refractivity contribution in [2.24, 2.45) is 11.3 Å². The fourth-order valence-corrected chi connectivity index (χ4v) is 5.05. The molecule has 244 valence electrons. The van der Waals surface area contributed by atoms with E-state index in [-0.39, 0.29) is 17.2 Å². The third-order valence-electron chi connectivity index (χ3n) is 6.99. The molecule has 1 aromatic heterocycles. The number of rotatable bonds is 5. The molecule has 0 radical (unpaired) electrons. The molecule has 0 aliphatic carbocycles. The van der Waals surface area contributed by atoms with Crippen LogP contribution in [0.3, 0.4) is 0 Å². The van der Waals surface area contributed by atoms with Gasteiger partial charge in [0.1, 0.15) is 5.75 Å². The summed E-state index contributed by atoms with van der Waals surface area (Å²) in [6, 6.07) is 10.1. The second-order valence-corrected chi connectivity index (χ2v) is 10.3. The number of hydrogen-bond donors (Lipinski definition) is 2. The van der Waals surface area contributed by atoms with Crippen molar-refractivity contribution in [1.82, 2.24) is 19.8 Å². The van der Waals surface area contributed by atoms with Crippen LogP contribution in [0.25, 0.3) is 0 Å². The zero-order valence-electron chi connectivity index (χ0n) is 24.1. The summed E-state index contributed by atoms with van der Waals surface area (Å²) in [5.41, 5.74) is 0.889. The van der Waals surface area contributed by atoms with Crippen molar-refractivity contribution in [3.8, 4) is 5.75 Å². The smallest absolute Gasteiger partial charge is 0.490 e. The number of aromatic nitrogens is 2. The molecule has 1 amide bonds. The molecule has 2 aromatic rings. The Balaban J connectivity index is 0.000000402. The van der Waals surface area contributed by atoms with E-state index in [4.69, 9.17) is 24.5 Å². The number of halogens is 6. The topological polar surface area (TPSA) is 136 Å². The first-order valence-electron chi connectivity index (χ1n) is 13.1. The van der Waals surface area contributed by atoms with Crippen molar-refractivity contribution in [2.45, 2.75) is 31.7 Å². The average molecular weight is 638 g/mol. The lowest BCUT2D eigenvalue weighted by Gasteiger charge is -2.34. The van der Waals surface area contributed by atoms with E-state index in [0.717, 1.165) is 50.7 Å². The zero-order chi connectivity index (χ0) is 33.3. The van der Waals surface area contributed by atoms with Crippen LogP contribution >= 0.6 is 0 Å². The van der Waals surface area contributed by atoms with Gasteiger partial charge in [0.25, 0.3) is 0 Å². The molecule has 0 saturated carbocycles. The summed E-state index contributed by atoms with van der Waals surface area (Å²) in [5, 5.41) is 14.2. The number of nitrogens with zero attached hydrogens (tertiary/aromatic N) is 5. The molecule has 2 saturated heterocycles. The number of anilines is 1. The van der Waals surface area contributed by atoms with Crippen molar-refractivity contribution in [3.05, 3.63) is 48.3 Å². The van der Waals surface area contributed by atoms with E-state index >= 15 is 0 Å². The first-order chi connectivity index (χ1) is 20.4. The van der Waals surface area contributed by atoms with E-state index in [1.54, 1.807) is 24.4 Å². The molecule has 2 N–H and O–H groups in total. The van der Waals surface area contributed by atoms with Crippen molar-refractivity contribution in [2.75, 3.05) is 52.3 Å². The Morgan fingerprint density at radius 2 is 1.50 bits per heavy atom. The van der Waals surface area contributed by atoms with E-state index < -0.39 is 24.3 Å². The minimum Gasteiger partial charge on any atom is -0.497 e. The van der Waals surface area contributed by atoms with E-state index in [0.29, 0.717) is 6.54 Å². The summed E-state index contributed by atoms with van der Waals surface area (Å²) >= 11 is 0. The second-order valence-electron chi connectivity index (χ2n) is 10.3. The highest BCUT2D eigenvalue weighted by Crippen LogP contribution is 2.44. The van der Waals surface area contributed by atoms with E-state index in [1.807, 2.05) is 32.3 Å². The van der Waals surface area contributed by atoms with Crippen LogP contribution in [0.1, 0.15) is 18.4 Å². The lowest BCUT2D eigenvalue weighted by Crippen LogP contribution is -2.47. The van der Waals surface area contributed by atoms with Gasteiger partial charge >= 0.3 is 24.3 Å². The van der Waals surface area contributed by atoms with Crippen LogP contribution in [-0.4, -0.2) is 108 Å². The van der Waals surface area contributed by atoms with E-state index in [2.05, 4.69) is 31.9 Å². The maximum atomic E-state index is 13.4. The summed E-state index contributed by atoms with van der Waals surface area (Å²) in [4.78, 5) is 46.5. The van der Waals surface area contributed by atoms with Gasteiger partial charge < -0.3 is 24.7 Å². The van der Waals surface area contributed by atoms with E-state index in [1.165, 1.54) is 5.56 Å². The lowest BCUT2D eigenvalue weighted by molar-refractivity contribution is -0.193. The monoisotopic (exact) mass is 637 g/mol. The molecule has 17 heteroatoms. The third-order valence-corrected chi connectivity index (χ3v) is 6.99. The molecule has 2 aliphatic rings. The number of methoxy groups -OCH3 is 1. The number of ether oxygens (including phenoxy) is 1. The SMILES string of the molecule is COc1ccc(CN2CCC[C@]3(C(=O)N(C)C)CN(c4ncccn4)C[C@@H]3C2)cc1.O=C(O)C(F)(F)F.O=C(O)C(F)(F)F. The zero-order valence-corrected chi connectivity index (χ0v) is 24.1. The number of fused-ring (bicyclic) bond motifs is 1. The summed E-state index contributed by atoms with van der Waals surface area (Å²) < 4.78 is 68.8. The first-order valence-corrected chi connectivity index (χ1v) is 13.1. The maximum Gasteiger partial charge on any atom is 0.490 e. The Morgan fingerprint density at radius 1 is 0.977 bits per heavy atom. The fourth-order valence-electron chi connectivity index (χ4n) is 5.05.